The lowest BCUT2D eigenvalue weighted by atomic mass is 9.82. The number of nitrogens with zero attached hydrogens (tertiary/aromatic N) is 2. The van der Waals surface area contributed by atoms with E-state index in [9.17, 15) is 0 Å². The Morgan fingerprint density at radius 2 is 1.44 bits per heavy atom. The maximum Gasteiger partial charge on any atom is 0.116 e. The van der Waals surface area contributed by atoms with Gasteiger partial charge in [0, 0.05) is 15.6 Å². The van der Waals surface area contributed by atoms with Crippen molar-refractivity contribution in [3.05, 3.63) is 66.0 Å². The topological polar surface area (TPSA) is 25.8 Å². The van der Waals surface area contributed by atoms with Gasteiger partial charge in [0.25, 0.3) is 0 Å². The molecule has 0 radical (unpaired) electrons. The largest absolute Gasteiger partial charge is 0.235 e. The van der Waals surface area contributed by atoms with Crippen LogP contribution in [-0.2, 0) is 5.41 Å². The van der Waals surface area contributed by atoms with Gasteiger partial charge in [-0.15, -0.1) is 11.3 Å². The zero-order valence-electron chi connectivity index (χ0n) is 27.8. The normalized spacial score (nSPS) is 13.4. The molecule has 4 heteroatoms. The van der Waals surface area contributed by atoms with Crippen LogP contribution < -0.4 is 5.19 Å². The van der Waals surface area contributed by atoms with Gasteiger partial charge < -0.3 is 0 Å². The molecule has 216 valence electrons. The van der Waals surface area contributed by atoms with Crippen molar-refractivity contribution in [2.75, 3.05) is 0 Å². The van der Waals surface area contributed by atoms with Crippen LogP contribution in [0.4, 0.5) is 0 Å². The second-order valence-corrected chi connectivity index (χ2v) is 20.0. The molecule has 0 N–H and O–H groups in total. The molecule has 0 aliphatic heterocycles. The van der Waals surface area contributed by atoms with Crippen LogP contribution in [0.15, 0.2) is 54.8 Å². The molecule has 0 bridgehead atoms. The number of rotatable bonds is 8. The molecule has 2 heterocycles. The average Bonchev–Trinajstić information content (AvgIpc) is 3.25. The van der Waals surface area contributed by atoms with Gasteiger partial charge in [0.05, 0.1) is 24.0 Å². The van der Waals surface area contributed by atoms with Gasteiger partial charge in [0.2, 0.25) is 0 Å². The standard InChI is InChI=1S/C37H48N2SSi/c1-23(2)19-41(20-24(3)4,21-25(5)6)32-16-15-30-34-36(40-35(30)26(32)7)33(38-22-39-34)28-17-27-13-11-12-14-29(27)31(18-28)37(8,9)10/h11-18,22-25H,19-21H2,1-10H3/i22D. The van der Waals surface area contributed by atoms with E-state index < -0.39 is 8.07 Å². The van der Waals surface area contributed by atoms with Crippen molar-refractivity contribution in [2.24, 2.45) is 17.8 Å². The molecule has 0 aliphatic carbocycles. The Bertz CT molecular complexity index is 1730. The summed E-state index contributed by atoms with van der Waals surface area (Å²) in [5, 5.41) is 5.30. The monoisotopic (exact) mass is 581 g/mol. The molecule has 3 aromatic carbocycles. The first-order valence-corrected chi connectivity index (χ1v) is 18.9. The fourth-order valence-electron chi connectivity index (χ4n) is 7.49. The van der Waals surface area contributed by atoms with Crippen LogP contribution in [0.5, 0.6) is 0 Å². The number of hydrogen-bond acceptors (Lipinski definition) is 3. The highest BCUT2D eigenvalue weighted by Crippen LogP contribution is 2.42. The fourth-order valence-corrected chi connectivity index (χ4v) is 16.0. The molecule has 0 saturated heterocycles. The molecule has 0 unspecified atom stereocenters. The zero-order chi connectivity index (χ0) is 30.6. The Balaban J connectivity index is 1.79. The minimum absolute atomic E-state index is 0.0194. The molecule has 2 nitrogen and oxygen atoms in total. The van der Waals surface area contributed by atoms with Crippen LogP contribution in [0.3, 0.4) is 0 Å². The van der Waals surface area contributed by atoms with E-state index in [1.807, 2.05) is 11.3 Å². The Hall–Kier alpha value is -2.56. The molecule has 2 aromatic heterocycles. The molecule has 0 saturated carbocycles. The van der Waals surface area contributed by atoms with E-state index in [0.29, 0.717) is 17.8 Å². The van der Waals surface area contributed by atoms with Crippen molar-refractivity contribution in [1.29, 1.82) is 0 Å². The second-order valence-electron chi connectivity index (χ2n) is 14.6. The number of aromatic nitrogens is 2. The van der Waals surface area contributed by atoms with Crippen LogP contribution in [0.25, 0.3) is 42.3 Å². The van der Waals surface area contributed by atoms with Crippen molar-refractivity contribution in [3.8, 4) is 11.3 Å². The molecule has 5 aromatic rings. The van der Waals surface area contributed by atoms with Crippen LogP contribution in [0, 0.1) is 24.7 Å². The van der Waals surface area contributed by atoms with Gasteiger partial charge in [-0.1, -0.05) is 122 Å². The van der Waals surface area contributed by atoms with Crippen molar-refractivity contribution in [2.45, 2.75) is 92.8 Å². The van der Waals surface area contributed by atoms with E-state index >= 15 is 0 Å². The summed E-state index contributed by atoms with van der Waals surface area (Å²) in [6, 6.07) is 22.0. The first kappa shape index (κ1) is 28.6. The van der Waals surface area contributed by atoms with E-state index in [-0.39, 0.29) is 11.7 Å². The van der Waals surface area contributed by atoms with Gasteiger partial charge in [-0.3, -0.25) is 0 Å². The summed E-state index contributed by atoms with van der Waals surface area (Å²) in [6.45, 7) is 23.6. The highest BCUT2D eigenvalue weighted by atomic mass is 32.1. The van der Waals surface area contributed by atoms with Gasteiger partial charge >= 0.3 is 0 Å². The lowest BCUT2D eigenvalue weighted by Gasteiger charge is -2.38. The minimum atomic E-state index is -1.79. The second kappa shape index (κ2) is 11.3. The van der Waals surface area contributed by atoms with Crippen LogP contribution in [0.1, 0.15) is 74.8 Å². The predicted octanol–water partition coefficient (Wildman–Crippen LogP) is 10.9. The summed E-state index contributed by atoms with van der Waals surface area (Å²) >= 11 is 1.84. The fraction of sp³-hybridized carbons (Fsp3) is 0.459. The highest BCUT2D eigenvalue weighted by Gasteiger charge is 2.38. The Morgan fingerprint density at radius 1 is 0.805 bits per heavy atom. The summed E-state index contributed by atoms with van der Waals surface area (Å²) in [6.07, 6.45) is 0.0903. The number of hydrogen-bond donors (Lipinski definition) is 0. The SMILES string of the molecule is [2H]c1nc(-c2cc(C(C)(C)C)c3ccccc3c2)c2sc3c(C)c([Si](CC(C)C)(CC(C)C)CC(C)C)ccc3c2n1. The lowest BCUT2D eigenvalue weighted by Crippen LogP contribution is -2.51. The van der Waals surface area contributed by atoms with E-state index in [4.69, 9.17) is 11.3 Å². The molecule has 0 amide bonds. The van der Waals surface area contributed by atoms with Gasteiger partial charge in [0.1, 0.15) is 7.67 Å². The third-order valence-corrected chi connectivity index (χ3v) is 16.3. The maximum absolute atomic E-state index is 8.64. The molecule has 0 fully saturated rings. The quantitative estimate of drug-likeness (QED) is 0.170. The first-order valence-electron chi connectivity index (χ1n) is 15.9. The molecule has 0 atom stereocenters. The molecular formula is C37H48N2SSi. The lowest BCUT2D eigenvalue weighted by molar-refractivity contribution is 0.596. The van der Waals surface area contributed by atoms with Gasteiger partial charge in [-0.05, 0) is 64.1 Å². The number of thiophene rings is 1. The van der Waals surface area contributed by atoms with E-state index in [0.717, 1.165) is 21.5 Å². The molecule has 0 spiro atoms. The number of fused-ring (bicyclic) bond motifs is 4. The van der Waals surface area contributed by atoms with Gasteiger partial charge in [0.15, 0.2) is 0 Å². The Kier molecular flexibility index (Phi) is 7.84. The third-order valence-electron chi connectivity index (χ3n) is 8.53. The average molecular weight is 582 g/mol. The van der Waals surface area contributed by atoms with Crippen LogP contribution >= 0.6 is 11.3 Å². The Morgan fingerprint density at radius 3 is 2.05 bits per heavy atom. The molecule has 0 aliphatic rings. The molecule has 41 heavy (non-hydrogen) atoms. The molecule has 5 rings (SSSR count). The van der Waals surface area contributed by atoms with Crippen molar-refractivity contribution in [1.82, 2.24) is 9.97 Å². The zero-order valence-corrected chi connectivity index (χ0v) is 28.6. The van der Waals surface area contributed by atoms with Gasteiger partial charge in [-0.2, -0.15) is 0 Å². The Labute approximate surface area is 254 Å². The summed E-state index contributed by atoms with van der Waals surface area (Å²) in [5.41, 5.74) is 5.62. The van der Waals surface area contributed by atoms with Crippen molar-refractivity contribution < 1.29 is 1.37 Å². The van der Waals surface area contributed by atoms with Gasteiger partial charge in [-0.25, -0.2) is 9.97 Å². The highest BCUT2D eigenvalue weighted by molar-refractivity contribution is 7.26. The number of aryl methyl sites for hydroxylation is 1. The van der Waals surface area contributed by atoms with E-state index in [1.54, 1.807) is 5.19 Å². The third kappa shape index (κ3) is 5.75. The maximum atomic E-state index is 8.64. The smallest absolute Gasteiger partial charge is 0.116 e. The first-order chi connectivity index (χ1) is 19.7. The van der Waals surface area contributed by atoms with E-state index in [1.165, 1.54) is 50.1 Å². The van der Waals surface area contributed by atoms with Crippen molar-refractivity contribution in [3.63, 3.8) is 0 Å². The summed E-state index contributed by atoms with van der Waals surface area (Å²) in [5.74, 6) is 2.04. The number of benzene rings is 3. The minimum Gasteiger partial charge on any atom is -0.235 e. The predicted molar refractivity (Wildman–Crippen MR) is 186 cm³/mol. The van der Waals surface area contributed by atoms with Crippen LogP contribution in [0.2, 0.25) is 18.1 Å². The van der Waals surface area contributed by atoms with E-state index in [2.05, 4.69) is 118 Å². The summed E-state index contributed by atoms with van der Waals surface area (Å²) in [7, 11) is -1.79. The summed E-state index contributed by atoms with van der Waals surface area (Å²) < 4.78 is 11.1. The molecular weight excluding hydrogens is 533 g/mol. The van der Waals surface area contributed by atoms with Crippen LogP contribution in [-0.4, -0.2) is 18.0 Å². The van der Waals surface area contributed by atoms with Crippen molar-refractivity contribution >= 4 is 55.7 Å². The summed E-state index contributed by atoms with van der Waals surface area (Å²) in [4.78, 5) is 9.53.